The number of halogens is 2. The molecular formula is C14H10BrFN2O3. The molecule has 0 heterocycles. The van der Waals surface area contributed by atoms with Crippen molar-refractivity contribution in [1.29, 1.82) is 0 Å². The van der Waals surface area contributed by atoms with Crippen molar-refractivity contribution in [3.8, 4) is 0 Å². The fraction of sp³-hybridized carbons (Fsp3) is 0.0714. The summed E-state index contributed by atoms with van der Waals surface area (Å²) in [4.78, 5) is 21.7. The number of rotatable bonds is 3. The number of nitro groups is 1. The molecule has 21 heavy (non-hydrogen) atoms. The molecule has 0 atom stereocenters. The number of anilines is 1. The van der Waals surface area contributed by atoms with E-state index in [1.807, 2.05) is 6.92 Å². The van der Waals surface area contributed by atoms with Crippen molar-refractivity contribution in [2.75, 3.05) is 5.32 Å². The van der Waals surface area contributed by atoms with Gasteiger partial charge in [0.15, 0.2) is 0 Å². The van der Waals surface area contributed by atoms with Gasteiger partial charge in [0.2, 0.25) is 5.82 Å². The highest BCUT2D eigenvalue weighted by atomic mass is 79.9. The van der Waals surface area contributed by atoms with Crippen LogP contribution in [0.5, 0.6) is 0 Å². The number of aryl methyl sites for hydroxylation is 1. The summed E-state index contributed by atoms with van der Waals surface area (Å²) in [5.74, 6) is -1.58. The van der Waals surface area contributed by atoms with Gasteiger partial charge in [-0.2, -0.15) is 4.39 Å². The number of nitrogens with zero attached hydrogens (tertiary/aromatic N) is 1. The van der Waals surface area contributed by atoms with Gasteiger partial charge in [-0.05, 0) is 42.8 Å². The number of carbonyl (C=O) groups excluding carboxylic acids is 1. The van der Waals surface area contributed by atoms with Crippen LogP contribution in [0, 0.1) is 22.9 Å². The standard InChI is InChI=1S/C14H10BrFN2O3/c1-8-6-10(3-4-11(8)15)17-14(19)9-2-5-13(18(20)21)12(16)7-9/h2-7H,1H3,(H,17,19). The van der Waals surface area contributed by atoms with Gasteiger partial charge in [-0.3, -0.25) is 14.9 Å². The van der Waals surface area contributed by atoms with Gasteiger partial charge < -0.3 is 5.32 Å². The summed E-state index contributed by atoms with van der Waals surface area (Å²) in [5, 5.41) is 13.1. The Morgan fingerprint density at radius 3 is 2.57 bits per heavy atom. The quantitative estimate of drug-likeness (QED) is 0.668. The Kier molecular flexibility index (Phi) is 4.32. The zero-order valence-corrected chi connectivity index (χ0v) is 12.5. The van der Waals surface area contributed by atoms with E-state index in [1.165, 1.54) is 6.07 Å². The Morgan fingerprint density at radius 2 is 2.00 bits per heavy atom. The Morgan fingerprint density at radius 1 is 1.29 bits per heavy atom. The number of nitro benzene ring substituents is 1. The second-order valence-electron chi connectivity index (χ2n) is 4.34. The van der Waals surface area contributed by atoms with Crippen LogP contribution < -0.4 is 5.32 Å². The molecule has 0 radical (unpaired) electrons. The zero-order chi connectivity index (χ0) is 15.6. The second kappa shape index (κ2) is 6.01. The Balaban J connectivity index is 2.22. The Hall–Kier alpha value is -2.28. The summed E-state index contributed by atoms with van der Waals surface area (Å²) in [6.45, 7) is 1.87. The maximum absolute atomic E-state index is 13.5. The molecule has 0 aliphatic heterocycles. The number of carbonyl (C=O) groups is 1. The first-order valence-electron chi connectivity index (χ1n) is 5.90. The van der Waals surface area contributed by atoms with Crippen molar-refractivity contribution in [1.82, 2.24) is 0 Å². The molecule has 0 unspecified atom stereocenters. The van der Waals surface area contributed by atoms with Gasteiger partial charge in [0, 0.05) is 21.8 Å². The van der Waals surface area contributed by atoms with Gasteiger partial charge in [0.05, 0.1) is 4.92 Å². The number of amides is 1. The molecule has 0 spiro atoms. The van der Waals surface area contributed by atoms with Crippen molar-refractivity contribution in [3.05, 3.63) is 67.9 Å². The number of hydrogen-bond acceptors (Lipinski definition) is 3. The van der Waals surface area contributed by atoms with Crippen LogP contribution >= 0.6 is 15.9 Å². The molecule has 7 heteroatoms. The molecular weight excluding hydrogens is 343 g/mol. The maximum atomic E-state index is 13.5. The molecule has 1 N–H and O–H groups in total. The fourth-order valence-electron chi connectivity index (χ4n) is 1.72. The van der Waals surface area contributed by atoms with E-state index in [0.29, 0.717) is 5.69 Å². The lowest BCUT2D eigenvalue weighted by molar-refractivity contribution is -0.387. The molecule has 0 aliphatic rings. The summed E-state index contributed by atoms with van der Waals surface area (Å²) in [7, 11) is 0. The van der Waals surface area contributed by atoms with E-state index in [-0.39, 0.29) is 5.56 Å². The third kappa shape index (κ3) is 3.43. The molecule has 5 nitrogen and oxygen atoms in total. The van der Waals surface area contributed by atoms with E-state index in [2.05, 4.69) is 21.2 Å². The molecule has 0 saturated heterocycles. The average molecular weight is 353 g/mol. The summed E-state index contributed by atoms with van der Waals surface area (Å²) >= 11 is 3.35. The number of benzene rings is 2. The second-order valence-corrected chi connectivity index (χ2v) is 5.20. The van der Waals surface area contributed by atoms with Crippen molar-refractivity contribution in [2.45, 2.75) is 6.92 Å². The van der Waals surface area contributed by atoms with E-state index in [0.717, 1.165) is 22.2 Å². The van der Waals surface area contributed by atoms with Crippen LogP contribution in [-0.4, -0.2) is 10.8 Å². The van der Waals surface area contributed by atoms with Crippen LogP contribution in [0.15, 0.2) is 40.9 Å². The van der Waals surface area contributed by atoms with Crippen LogP contribution in [0.1, 0.15) is 15.9 Å². The third-order valence-electron chi connectivity index (χ3n) is 2.82. The van der Waals surface area contributed by atoms with Crippen molar-refractivity contribution in [3.63, 3.8) is 0 Å². The molecule has 0 saturated carbocycles. The normalized spacial score (nSPS) is 10.2. The van der Waals surface area contributed by atoms with Gasteiger partial charge >= 0.3 is 5.69 Å². The average Bonchev–Trinajstić information content (AvgIpc) is 2.42. The van der Waals surface area contributed by atoms with Crippen LogP contribution in [0.3, 0.4) is 0 Å². The lowest BCUT2D eigenvalue weighted by atomic mass is 10.1. The van der Waals surface area contributed by atoms with Crippen LogP contribution in [-0.2, 0) is 0 Å². The van der Waals surface area contributed by atoms with Gasteiger partial charge in [-0.1, -0.05) is 15.9 Å². The highest BCUT2D eigenvalue weighted by Gasteiger charge is 2.16. The topological polar surface area (TPSA) is 72.2 Å². The van der Waals surface area contributed by atoms with Crippen LogP contribution in [0.2, 0.25) is 0 Å². The molecule has 108 valence electrons. The highest BCUT2D eigenvalue weighted by molar-refractivity contribution is 9.10. The molecule has 0 aliphatic carbocycles. The number of nitrogens with one attached hydrogen (secondary N) is 1. The van der Waals surface area contributed by atoms with Crippen molar-refractivity contribution < 1.29 is 14.1 Å². The van der Waals surface area contributed by atoms with E-state index >= 15 is 0 Å². The minimum absolute atomic E-state index is 0.0127. The lowest BCUT2D eigenvalue weighted by Gasteiger charge is -2.07. The molecule has 2 rings (SSSR count). The highest BCUT2D eigenvalue weighted by Crippen LogP contribution is 2.22. The first-order chi connectivity index (χ1) is 9.88. The smallest absolute Gasteiger partial charge is 0.304 e. The molecule has 2 aromatic rings. The third-order valence-corrected chi connectivity index (χ3v) is 3.71. The van der Waals surface area contributed by atoms with Gasteiger partial charge in [-0.25, -0.2) is 0 Å². The summed E-state index contributed by atoms with van der Waals surface area (Å²) in [5.41, 5.74) is 0.840. The lowest BCUT2D eigenvalue weighted by Crippen LogP contribution is -2.12. The molecule has 0 aromatic heterocycles. The van der Waals surface area contributed by atoms with E-state index < -0.39 is 22.3 Å². The first-order valence-corrected chi connectivity index (χ1v) is 6.69. The van der Waals surface area contributed by atoms with Crippen LogP contribution in [0.4, 0.5) is 15.8 Å². The van der Waals surface area contributed by atoms with E-state index in [9.17, 15) is 19.3 Å². The summed E-state index contributed by atoms with van der Waals surface area (Å²) < 4.78 is 14.4. The monoisotopic (exact) mass is 352 g/mol. The van der Waals surface area contributed by atoms with Gasteiger partial charge in [-0.15, -0.1) is 0 Å². The van der Waals surface area contributed by atoms with E-state index in [1.54, 1.807) is 18.2 Å². The van der Waals surface area contributed by atoms with Crippen LogP contribution in [0.25, 0.3) is 0 Å². The van der Waals surface area contributed by atoms with Crippen molar-refractivity contribution in [2.24, 2.45) is 0 Å². The maximum Gasteiger partial charge on any atom is 0.304 e. The Bertz CT molecular complexity index is 734. The predicted octanol–water partition coefficient (Wildman–Crippen LogP) is 4.06. The minimum atomic E-state index is -1.04. The van der Waals surface area contributed by atoms with Crippen molar-refractivity contribution >= 4 is 33.2 Å². The zero-order valence-electron chi connectivity index (χ0n) is 10.9. The summed E-state index contributed by atoms with van der Waals surface area (Å²) in [6, 6.07) is 8.25. The van der Waals surface area contributed by atoms with E-state index in [4.69, 9.17) is 0 Å². The van der Waals surface area contributed by atoms with Gasteiger partial charge in [0.1, 0.15) is 0 Å². The molecule has 1 amide bonds. The first kappa shape index (κ1) is 15.1. The summed E-state index contributed by atoms with van der Waals surface area (Å²) in [6.07, 6.45) is 0. The SMILES string of the molecule is Cc1cc(NC(=O)c2ccc([N+](=O)[O-])c(F)c2)ccc1Br. The Labute approximate surface area is 128 Å². The van der Waals surface area contributed by atoms with Gasteiger partial charge in [0.25, 0.3) is 5.91 Å². The number of hydrogen-bond donors (Lipinski definition) is 1. The fourth-order valence-corrected chi connectivity index (χ4v) is 1.97. The molecule has 0 fully saturated rings. The molecule has 2 aromatic carbocycles. The predicted molar refractivity (Wildman–Crippen MR) is 79.9 cm³/mol. The largest absolute Gasteiger partial charge is 0.322 e. The molecule has 0 bridgehead atoms. The minimum Gasteiger partial charge on any atom is -0.322 e.